The van der Waals surface area contributed by atoms with E-state index in [1.807, 2.05) is 23.9 Å². The molecule has 0 radical (unpaired) electrons. The molecule has 0 atom stereocenters. The molecular formula is C16H22BrNO2S. The van der Waals surface area contributed by atoms with E-state index in [-0.39, 0.29) is 10.7 Å². The van der Waals surface area contributed by atoms with E-state index in [4.69, 9.17) is 4.74 Å². The van der Waals surface area contributed by atoms with Crippen LogP contribution in [0.1, 0.15) is 42.5 Å². The molecule has 1 aliphatic carbocycles. The second-order valence-corrected chi connectivity index (χ2v) is 7.60. The van der Waals surface area contributed by atoms with Gasteiger partial charge in [0.2, 0.25) is 0 Å². The molecule has 1 amide bonds. The molecule has 0 heterocycles. The zero-order valence-electron chi connectivity index (χ0n) is 12.6. The molecule has 0 aliphatic heterocycles. The molecule has 0 spiro atoms. The van der Waals surface area contributed by atoms with Crippen LogP contribution in [0.5, 0.6) is 5.75 Å². The second kappa shape index (κ2) is 7.54. The summed E-state index contributed by atoms with van der Waals surface area (Å²) in [6.45, 7) is 0.733. The van der Waals surface area contributed by atoms with E-state index >= 15 is 0 Å². The summed E-state index contributed by atoms with van der Waals surface area (Å²) < 4.78 is 6.19. The molecule has 1 aliphatic rings. The number of ether oxygens (including phenoxy) is 1. The van der Waals surface area contributed by atoms with Gasteiger partial charge in [0.15, 0.2) is 0 Å². The summed E-state index contributed by atoms with van der Waals surface area (Å²) in [7, 11) is 1.61. The van der Waals surface area contributed by atoms with Gasteiger partial charge in [-0.25, -0.2) is 0 Å². The number of carbonyl (C=O) groups is 1. The van der Waals surface area contributed by atoms with Gasteiger partial charge in [0.05, 0.1) is 12.7 Å². The summed E-state index contributed by atoms with van der Waals surface area (Å²) in [6, 6.07) is 5.45. The van der Waals surface area contributed by atoms with Crippen molar-refractivity contribution in [1.82, 2.24) is 5.32 Å². The van der Waals surface area contributed by atoms with Crippen molar-refractivity contribution in [3.05, 3.63) is 28.2 Å². The van der Waals surface area contributed by atoms with E-state index < -0.39 is 0 Å². The smallest absolute Gasteiger partial charge is 0.252 e. The van der Waals surface area contributed by atoms with Crippen molar-refractivity contribution < 1.29 is 9.53 Å². The fraction of sp³-hybridized carbons (Fsp3) is 0.562. The molecule has 116 valence electrons. The molecule has 1 aromatic rings. The van der Waals surface area contributed by atoms with Crippen molar-refractivity contribution in [2.45, 2.75) is 36.9 Å². The predicted octanol–water partition coefficient (Wildman–Crippen LogP) is 4.25. The molecule has 0 bridgehead atoms. The Bertz CT molecular complexity index is 501. The van der Waals surface area contributed by atoms with Crippen LogP contribution in [0.3, 0.4) is 0 Å². The van der Waals surface area contributed by atoms with Crippen molar-refractivity contribution in [2.75, 3.05) is 19.9 Å². The number of amides is 1. The summed E-state index contributed by atoms with van der Waals surface area (Å²) in [6.07, 6.45) is 8.37. The SMILES string of the molecule is COc1ccc(Br)c(C(=O)NCC2(SC)CCCCC2)c1. The van der Waals surface area contributed by atoms with E-state index in [2.05, 4.69) is 27.5 Å². The van der Waals surface area contributed by atoms with Gasteiger partial charge in [0.1, 0.15) is 5.75 Å². The first-order chi connectivity index (χ1) is 10.1. The van der Waals surface area contributed by atoms with Gasteiger partial charge in [-0.05, 0) is 53.2 Å². The average molecular weight is 372 g/mol. The predicted molar refractivity (Wildman–Crippen MR) is 92.4 cm³/mol. The maximum atomic E-state index is 12.4. The van der Waals surface area contributed by atoms with E-state index in [9.17, 15) is 4.79 Å². The Morgan fingerprint density at radius 3 is 2.71 bits per heavy atom. The highest BCUT2D eigenvalue weighted by molar-refractivity contribution is 9.10. The molecule has 1 fully saturated rings. The van der Waals surface area contributed by atoms with Crippen molar-refractivity contribution in [2.24, 2.45) is 0 Å². The van der Waals surface area contributed by atoms with Gasteiger partial charge in [-0.1, -0.05) is 19.3 Å². The number of hydrogen-bond donors (Lipinski definition) is 1. The number of rotatable bonds is 5. The number of methoxy groups -OCH3 is 1. The first-order valence-electron chi connectivity index (χ1n) is 7.27. The minimum atomic E-state index is -0.0419. The quantitative estimate of drug-likeness (QED) is 0.840. The van der Waals surface area contributed by atoms with E-state index in [0.717, 1.165) is 11.0 Å². The molecule has 5 heteroatoms. The maximum Gasteiger partial charge on any atom is 0.252 e. The first-order valence-corrected chi connectivity index (χ1v) is 9.29. The van der Waals surface area contributed by atoms with Crippen molar-refractivity contribution in [3.63, 3.8) is 0 Å². The molecule has 0 unspecified atom stereocenters. The van der Waals surface area contributed by atoms with E-state index in [0.29, 0.717) is 11.3 Å². The molecule has 1 aromatic carbocycles. The Morgan fingerprint density at radius 1 is 1.38 bits per heavy atom. The number of hydrogen-bond acceptors (Lipinski definition) is 3. The molecule has 0 aromatic heterocycles. The highest BCUT2D eigenvalue weighted by Crippen LogP contribution is 2.38. The lowest BCUT2D eigenvalue weighted by atomic mass is 9.88. The molecule has 1 N–H and O–H groups in total. The monoisotopic (exact) mass is 371 g/mol. The standard InChI is InChI=1S/C16H22BrNO2S/c1-20-12-6-7-14(17)13(10-12)15(19)18-11-16(21-2)8-4-3-5-9-16/h6-7,10H,3-5,8-9,11H2,1-2H3,(H,18,19). The van der Waals surface area contributed by atoms with Crippen LogP contribution >= 0.6 is 27.7 Å². The van der Waals surface area contributed by atoms with Crippen LogP contribution in [-0.2, 0) is 0 Å². The zero-order valence-corrected chi connectivity index (χ0v) is 15.0. The van der Waals surface area contributed by atoms with Gasteiger partial charge in [-0.15, -0.1) is 0 Å². The van der Waals surface area contributed by atoms with Crippen molar-refractivity contribution in [3.8, 4) is 5.75 Å². The van der Waals surface area contributed by atoms with E-state index in [1.54, 1.807) is 13.2 Å². The number of carbonyl (C=O) groups excluding carboxylic acids is 1. The minimum absolute atomic E-state index is 0.0419. The van der Waals surface area contributed by atoms with Crippen LogP contribution in [0.15, 0.2) is 22.7 Å². The number of benzene rings is 1. The van der Waals surface area contributed by atoms with Gasteiger partial charge in [-0.3, -0.25) is 4.79 Å². The Hall–Kier alpha value is -0.680. The highest BCUT2D eigenvalue weighted by Gasteiger charge is 2.31. The topological polar surface area (TPSA) is 38.3 Å². The normalized spacial score (nSPS) is 17.3. The lowest BCUT2D eigenvalue weighted by Gasteiger charge is -2.35. The third-order valence-corrected chi connectivity index (χ3v) is 6.30. The van der Waals surface area contributed by atoms with Gasteiger partial charge in [-0.2, -0.15) is 11.8 Å². The number of thioether (sulfide) groups is 1. The van der Waals surface area contributed by atoms with Crippen LogP contribution in [0, 0.1) is 0 Å². The molecule has 3 nitrogen and oxygen atoms in total. The van der Waals surface area contributed by atoms with Gasteiger partial charge in [0, 0.05) is 15.8 Å². The summed E-state index contributed by atoms with van der Waals surface area (Å²) in [5.74, 6) is 0.653. The summed E-state index contributed by atoms with van der Waals surface area (Å²) in [5.41, 5.74) is 0.626. The maximum absolute atomic E-state index is 12.4. The van der Waals surface area contributed by atoms with Crippen LogP contribution < -0.4 is 10.1 Å². The summed E-state index contributed by atoms with van der Waals surface area (Å²) in [4.78, 5) is 12.4. The highest BCUT2D eigenvalue weighted by atomic mass is 79.9. The lowest BCUT2D eigenvalue weighted by Crippen LogP contribution is -2.41. The van der Waals surface area contributed by atoms with Crippen molar-refractivity contribution >= 4 is 33.6 Å². The number of nitrogens with one attached hydrogen (secondary N) is 1. The molecular weight excluding hydrogens is 350 g/mol. The lowest BCUT2D eigenvalue weighted by molar-refractivity contribution is 0.0946. The van der Waals surface area contributed by atoms with Gasteiger partial charge in [0.25, 0.3) is 5.91 Å². The third-order valence-electron chi connectivity index (χ3n) is 4.19. The molecule has 0 saturated heterocycles. The molecule has 21 heavy (non-hydrogen) atoms. The Balaban J connectivity index is 2.04. The van der Waals surface area contributed by atoms with Crippen LogP contribution in [-0.4, -0.2) is 30.6 Å². The summed E-state index contributed by atoms with van der Waals surface area (Å²) >= 11 is 5.33. The van der Waals surface area contributed by atoms with Crippen LogP contribution in [0.4, 0.5) is 0 Å². The number of halogens is 1. The Labute approximate surface area is 139 Å². The fourth-order valence-corrected chi connectivity index (χ4v) is 4.13. The molecule has 2 rings (SSSR count). The zero-order chi connectivity index (χ0) is 15.3. The first kappa shape index (κ1) is 16.7. The summed E-state index contributed by atoms with van der Waals surface area (Å²) in [5, 5.41) is 3.11. The van der Waals surface area contributed by atoms with Crippen LogP contribution in [0.2, 0.25) is 0 Å². The minimum Gasteiger partial charge on any atom is -0.497 e. The van der Waals surface area contributed by atoms with Gasteiger partial charge < -0.3 is 10.1 Å². The fourth-order valence-electron chi connectivity index (χ4n) is 2.79. The van der Waals surface area contributed by atoms with Gasteiger partial charge >= 0.3 is 0 Å². The van der Waals surface area contributed by atoms with Crippen molar-refractivity contribution in [1.29, 1.82) is 0 Å². The Kier molecular flexibility index (Phi) is 5.99. The van der Waals surface area contributed by atoms with Crippen LogP contribution in [0.25, 0.3) is 0 Å². The average Bonchev–Trinajstić information content (AvgIpc) is 2.54. The third kappa shape index (κ3) is 4.16. The Morgan fingerprint density at radius 2 is 2.10 bits per heavy atom. The largest absolute Gasteiger partial charge is 0.497 e. The molecule has 1 saturated carbocycles. The second-order valence-electron chi connectivity index (χ2n) is 5.48. The van der Waals surface area contributed by atoms with E-state index in [1.165, 1.54) is 32.1 Å².